The zero-order chi connectivity index (χ0) is 20.0. The molecule has 1 saturated heterocycles. The first kappa shape index (κ1) is 19.2. The molecule has 2 fully saturated rings. The number of rotatable bonds is 3. The van der Waals surface area contributed by atoms with Crippen LogP contribution in [0.15, 0.2) is 18.3 Å². The fourth-order valence-corrected chi connectivity index (χ4v) is 4.96. The Morgan fingerprint density at radius 1 is 1.25 bits per heavy atom. The average Bonchev–Trinajstić information content (AvgIpc) is 3.19. The largest absolute Gasteiger partial charge is 0.379 e. The van der Waals surface area contributed by atoms with Gasteiger partial charge in [-0.15, -0.1) is 0 Å². The van der Waals surface area contributed by atoms with Crippen LogP contribution in [0, 0.1) is 18.8 Å². The Balaban J connectivity index is 1.56. The van der Waals surface area contributed by atoms with Crippen LogP contribution >= 0.6 is 11.6 Å². The summed E-state index contributed by atoms with van der Waals surface area (Å²) in [7, 11) is 1.68. The molecule has 0 aromatic carbocycles. The van der Waals surface area contributed by atoms with E-state index in [1.807, 2.05) is 17.9 Å². The summed E-state index contributed by atoms with van der Waals surface area (Å²) in [4.78, 5) is 31.3. The van der Waals surface area contributed by atoms with Crippen molar-refractivity contribution in [3.63, 3.8) is 0 Å². The van der Waals surface area contributed by atoms with Crippen LogP contribution in [0.5, 0.6) is 0 Å². The van der Waals surface area contributed by atoms with E-state index >= 15 is 0 Å². The molecule has 7 nitrogen and oxygen atoms in total. The van der Waals surface area contributed by atoms with Crippen molar-refractivity contribution < 1.29 is 14.3 Å². The number of carbonyl (C=O) groups is 2. The lowest BCUT2D eigenvalue weighted by Crippen LogP contribution is -2.49. The quantitative estimate of drug-likeness (QED) is 0.851. The second kappa shape index (κ2) is 7.37. The maximum absolute atomic E-state index is 13.3. The van der Waals surface area contributed by atoms with E-state index in [-0.39, 0.29) is 24.0 Å². The van der Waals surface area contributed by atoms with Crippen LogP contribution in [0.25, 0.3) is 5.65 Å². The van der Waals surface area contributed by atoms with Crippen molar-refractivity contribution in [3.05, 3.63) is 34.7 Å². The third kappa shape index (κ3) is 3.37. The molecule has 3 heterocycles. The molecule has 0 spiro atoms. The van der Waals surface area contributed by atoms with Gasteiger partial charge in [0.25, 0.3) is 5.91 Å². The van der Waals surface area contributed by atoms with Crippen LogP contribution < -0.4 is 5.32 Å². The molecule has 4 atom stereocenters. The van der Waals surface area contributed by atoms with Crippen LogP contribution in [0.2, 0.25) is 5.02 Å². The van der Waals surface area contributed by atoms with Gasteiger partial charge in [-0.3, -0.25) is 14.0 Å². The van der Waals surface area contributed by atoms with Gasteiger partial charge < -0.3 is 15.0 Å². The van der Waals surface area contributed by atoms with Crippen molar-refractivity contribution in [1.29, 1.82) is 0 Å². The second-order valence-electron chi connectivity index (χ2n) is 7.90. The van der Waals surface area contributed by atoms with Crippen molar-refractivity contribution in [2.24, 2.45) is 11.8 Å². The number of carbonyl (C=O) groups excluding carboxylic acids is 2. The maximum atomic E-state index is 13.3. The number of halogens is 1. The first-order valence-corrected chi connectivity index (χ1v) is 9.98. The summed E-state index contributed by atoms with van der Waals surface area (Å²) < 4.78 is 7.40. The minimum atomic E-state index is -0.0466. The van der Waals surface area contributed by atoms with E-state index in [4.69, 9.17) is 16.3 Å². The molecule has 0 radical (unpaired) electrons. The molecule has 2 aliphatic rings. The van der Waals surface area contributed by atoms with Crippen LogP contribution in [0.1, 0.15) is 35.9 Å². The van der Waals surface area contributed by atoms with Crippen LogP contribution in [-0.4, -0.2) is 58.4 Å². The monoisotopic (exact) mass is 404 g/mol. The number of nitrogens with zero attached hydrogens (tertiary/aromatic N) is 3. The first-order valence-electron chi connectivity index (χ1n) is 9.60. The highest BCUT2D eigenvalue weighted by Crippen LogP contribution is 2.38. The highest BCUT2D eigenvalue weighted by molar-refractivity contribution is 6.30. The summed E-state index contributed by atoms with van der Waals surface area (Å²) in [6.07, 6.45) is 3.39. The lowest BCUT2D eigenvalue weighted by Gasteiger charge is -2.37. The highest BCUT2D eigenvalue weighted by atomic mass is 35.5. The van der Waals surface area contributed by atoms with E-state index < -0.39 is 0 Å². The molecule has 8 heteroatoms. The Bertz CT molecular complexity index is 928. The minimum absolute atomic E-state index is 0.00450. The highest BCUT2D eigenvalue weighted by Gasteiger charge is 2.44. The Hall–Kier alpha value is -2.12. The number of hydrogen-bond acceptors (Lipinski definition) is 4. The average molecular weight is 405 g/mol. The molecule has 2 amide bonds. The fourth-order valence-electron chi connectivity index (χ4n) is 4.80. The van der Waals surface area contributed by atoms with E-state index in [9.17, 15) is 9.59 Å². The van der Waals surface area contributed by atoms with Gasteiger partial charge in [0, 0.05) is 33.3 Å². The summed E-state index contributed by atoms with van der Waals surface area (Å²) in [5.74, 6) is 0.665. The van der Waals surface area contributed by atoms with Gasteiger partial charge in [-0.05, 0) is 43.7 Å². The van der Waals surface area contributed by atoms with Gasteiger partial charge in [-0.25, -0.2) is 4.98 Å². The molecule has 2 aromatic heterocycles. The van der Waals surface area contributed by atoms with Crippen molar-refractivity contribution in [3.8, 4) is 0 Å². The molecule has 28 heavy (non-hydrogen) atoms. The van der Waals surface area contributed by atoms with E-state index in [0.29, 0.717) is 47.0 Å². The topological polar surface area (TPSA) is 75.9 Å². The smallest absolute Gasteiger partial charge is 0.272 e. The molecular formula is C20H25ClN4O3. The number of likely N-dealkylation sites (tertiary alicyclic amines) is 1. The van der Waals surface area contributed by atoms with Crippen LogP contribution in [0.4, 0.5) is 0 Å². The third-order valence-electron chi connectivity index (χ3n) is 6.05. The number of amides is 2. The van der Waals surface area contributed by atoms with Gasteiger partial charge >= 0.3 is 0 Å². The summed E-state index contributed by atoms with van der Waals surface area (Å²) in [6.45, 7) is 4.76. The van der Waals surface area contributed by atoms with Crippen LogP contribution in [0.3, 0.4) is 0 Å². The van der Waals surface area contributed by atoms with Gasteiger partial charge in [0.2, 0.25) is 5.91 Å². The lowest BCUT2D eigenvalue weighted by molar-refractivity contribution is -0.121. The van der Waals surface area contributed by atoms with Gasteiger partial charge in [0.05, 0.1) is 22.9 Å². The normalized spacial score (nSPS) is 27.1. The Labute approximate surface area is 169 Å². The van der Waals surface area contributed by atoms with Crippen molar-refractivity contribution >= 4 is 29.1 Å². The molecule has 4 rings (SSSR count). The Kier molecular flexibility index (Phi) is 5.05. The standard InChI is InChI=1S/C20H25ClN4O3/c1-11-19(25-10-15(21)4-5-18(25)22-11)20(27)24-8-13-6-16(23-12(2)26)17(28-3)7-14(13)9-24/h4-5,10,13-14,16-17H,6-9H2,1-3H3,(H,23,26)/t13-,14+,16-,17-/m1/s1. The number of hydrogen-bond donors (Lipinski definition) is 1. The number of methoxy groups -OCH3 is 1. The molecule has 150 valence electrons. The SMILES string of the molecule is CO[C@@H]1C[C@H]2CN(C(=O)c3c(C)nc4ccc(Cl)cn34)C[C@H]2C[C@H]1NC(C)=O. The van der Waals surface area contributed by atoms with Gasteiger partial charge in [0.1, 0.15) is 11.3 Å². The maximum Gasteiger partial charge on any atom is 0.272 e. The van der Waals surface area contributed by atoms with Gasteiger partial charge in [-0.2, -0.15) is 0 Å². The summed E-state index contributed by atoms with van der Waals surface area (Å²) in [6, 6.07) is 3.58. The number of aromatic nitrogens is 2. The third-order valence-corrected chi connectivity index (χ3v) is 6.28. The fraction of sp³-hybridized carbons (Fsp3) is 0.550. The van der Waals surface area contributed by atoms with E-state index in [1.165, 1.54) is 6.92 Å². The molecule has 1 N–H and O–H groups in total. The second-order valence-corrected chi connectivity index (χ2v) is 8.34. The molecular weight excluding hydrogens is 380 g/mol. The first-order chi connectivity index (χ1) is 13.4. The molecule has 1 aliphatic carbocycles. The molecule has 1 saturated carbocycles. The molecule has 0 bridgehead atoms. The summed E-state index contributed by atoms with van der Waals surface area (Å²) in [5.41, 5.74) is 1.98. The molecule has 2 aromatic rings. The van der Waals surface area contributed by atoms with Crippen LogP contribution in [-0.2, 0) is 9.53 Å². The number of nitrogens with one attached hydrogen (secondary N) is 1. The Morgan fingerprint density at radius 2 is 1.96 bits per heavy atom. The van der Waals surface area contributed by atoms with Gasteiger partial charge in [-0.1, -0.05) is 11.6 Å². The number of fused-ring (bicyclic) bond motifs is 2. The predicted molar refractivity (Wildman–Crippen MR) is 105 cm³/mol. The minimum Gasteiger partial charge on any atom is -0.379 e. The van der Waals surface area contributed by atoms with E-state index in [0.717, 1.165) is 12.8 Å². The summed E-state index contributed by atoms with van der Waals surface area (Å²) >= 11 is 6.13. The zero-order valence-electron chi connectivity index (χ0n) is 16.3. The van der Waals surface area contributed by atoms with Crippen molar-refractivity contribution in [1.82, 2.24) is 19.6 Å². The number of aryl methyl sites for hydroxylation is 1. The van der Waals surface area contributed by atoms with E-state index in [2.05, 4.69) is 10.3 Å². The van der Waals surface area contributed by atoms with Gasteiger partial charge in [0.15, 0.2) is 0 Å². The number of ether oxygens (including phenoxy) is 1. The van der Waals surface area contributed by atoms with E-state index in [1.54, 1.807) is 23.8 Å². The number of pyridine rings is 1. The van der Waals surface area contributed by atoms with Crippen molar-refractivity contribution in [2.45, 2.75) is 38.8 Å². The number of imidazole rings is 1. The zero-order valence-corrected chi connectivity index (χ0v) is 17.1. The Morgan fingerprint density at radius 3 is 2.64 bits per heavy atom. The molecule has 1 aliphatic heterocycles. The predicted octanol–water partition coefficient (Wildman–Crippen LogP) is 2.30. The van der Waals surface area contributed by atoms with Crippen molar-refractivity contribution in [2.75, 3.05) is 20.2 Å². The summed E-state index contributed by atoms with van der Waals surface area (Å²) in [5, 5.41) is 3.58. The lowest BCUT2D eigenvalue weighted by atomic mass is 9.77. The molecule has 0 unspecified atom stereocenters.